The number of hydrogen-bond donors (Lipinski definition) is 1. The topological polar surface area (TPSA) is 66.6 Å². The third-order valence-electron chi connectivity index (χ3n) is 3.78. The quantitative estimate of drug-likeness (QED) is 0.684. The summed E-state index contributed by atoms with van der Waals surface area (Å²) in [6.45, 7) is 3.10. The summed E-state index contributed by atoms with van der Waals surface area (Å²) >= 11 is 11.8. The molecule has 5 nitrogen and oxygen atoms in total. The van der Waals surface area contributed by atoms with Gasteiger partial charge in [0.2, 0.25) is 0 Å². The Bertz CT molecular complexity index is 515. The van der Waals surface area contributed by atoms with Crippen molar-refractivity contribution in [3.8, 4) is 0 Å². The zero-order valence-electron chi connectivity index (χ0n) is 11.1. The Hall–Kier alpha value is -1.04. The third kappa shape index (κ3) is 3.16. The fraction of sp³-hybridized carbons (Fsp3) is 0.538. The lowest BCUT2D eigenvalue weighted by Gasteiger charge is -2.34. The Morgan fingerprint density at radius 1 is 1.35 bits per heavy atom. The van der Waals surface area contributed by atoms with Crippen molar-refractivity contribution in [3.63, 3.8) is 0 Å². The van der Waals surface area contributed by atoms with Gasteiger partial charge < -0.3 is 10.0 Å². The first-order chi connectivity index (χ1) is 9.40. The zero-order chi connectivity index (χ0) is 14.9. The Morgan fingerprint density at radius 2 is 1.90 bits per heavy atom. The highest BCUT2D eigenvalue weighted by molar-refractivity contribution is 6.42. The van der Waals surface area contributed by atoms with Crippen molar-refractivity contribution >= 4 is 34.6 Å². The maximum Gasteiger partial charge on any atom is 0.294 e. The fourth-order valence-electron chi connectivity index (χ4n) is 2.55. The molecule has 1 fully saturated rings. The number of aliphatic hydroxyl groups is 1. The average Bonchev–Trinajstić information content (AvgIpc) is 2.41. The summed E-state index contributed by atoms with van der Waals surface area (Å²) < 4.78 is 0. The van der Waals surface area contributed by atoms with Gasteiger partial charge in [0, 0.05) is 19.2 Å². The van der Waals surface area contributed by atoms with Crippen LogP contribution in [-0.2, 0) is 0 Å². The van der Waals surface area contributed by atoms with Gasteiger partial charge in [-0.3, -0.25) is 10.1 Å². The fourth-order valence-corrected chi connectivity index (χ4v) is 2.86. The van der Waals surface area contributed by atoms with E-state index in [2.05, 4.69) is 0 Å². The van der Waals surface area contributed by atoms with E-state index in [1.807, 2.05) is 4.90 Å². The van der Waals surface area contributed by atoms with Crippen molar-refractivity contribution in [1.29, 1.82) is 0 Å². The lowest BCUT2D eigenvalue weighted by molar-refractivity contribution is -0.384. The highest BCUT2D eigenvalue weighted by atomic mass is 35.5. The molecule has 1 unspecified atom stereocenters. The molecule has 0 aromatic heterocycles. The lowest BCUT2D eigenvalue weighted by Crippen LogP contribution is -2.37. The summed E-state index contributed by atoms with van der Waals surface area (Å²) in [5, 5.41) is 21.2. The number of nitro benzene ring substituents is 1. The zero-order valence-corrected chi connectivity index (χ0v) is 12.6. The predicted octanol–water partition coefficient (Wildman–Crippen LogP) is 3.50. The van der Waals surface area contributed by atoms with Crippen LogP contribution in [0.25, 0.3) is 0 Å². The molecular weight excluding hydrogens is 303 g/mol. The van der Waals surface area contributed by atoms with Crippen LogP contribution in [0.4, 0.5) is 11.4 Å². The Balaban J connectivity index is 2.25. The molecule has 1 heterocycles. The maximum absolute atomic E-state index is 11.1. The molecule has 1 saturated heterocycles. The van der Waals surface area contributed by atoms with Gasteiger partial charge in [0.05, 0.1) is 21.1 Å². The Morgan fingerprint density at radius 3 is 2.40 bits per heavy atom. The van der Waals surface area contributed by atoms with Gasteiger partial charge in [0.25, 0.3) is 5.69 Å². The van der Waals surface area contributed by atoms with E-state index in [9.17, 15) is 15.2 Å². The van der Waals surface area contributed by atoms with Crippen LogP contribution in [0.3, 0.4) is 0 Å². The first-order valence-electron chi connectivity index (χ1n) is 6.46. The summed E-state index contributed by atoms with van der Waals surface area (Å²) in [7, 11) is 0. The van der Waals surface area contributed by atoms with Gasteiger partial charge >= 0.3 is 0 Å². The van der Waals surface area contributed by atoms with Crippen molar-refractivity contribution in [2.75, 3.05) is 18.0 Å². The van der Waals surface area contributed by atoms with Crippen LogP contribution < -0.4 is 4.90 Å². The number of anilines is 1. The molecule has 0 amide bonds. The van der Waals surface area contributed by atoms with Crippen LogP contribution >= 0.6 is 23.2 Å². The summed E-state index contributed by atoms with van der Waals surface area (Å²) in [5.74, 6) is 0.244. The van der Waals surface area contributed by atoms with E-state index in [4.69, 9.17) is 23.2 Å². The Labute approximate surface area is 127 Å². The van der Waals surface area contributed by atoms with Crippen molar-refractivity contribution in [1.82, 2.24) is 0 Å². The monoisotopic (exact) mass is 318 g/mol. The molecule has 0 saturated carbocycles. The number of halogens is 2. The van der Waals surface area contributed by atoms with Crippen LogP contribution in [0.1, 0.15) is 19.8 Å². The molecular formula is C13H16Cl2N2O3. The lowest BCUT2D eigenvalue weighted by atomic mass is 9.92. The number of rotatable bonds is 3. The maximum atomic E-state index is 11.1. The van der Waals surface area contributed by atoms with E-state index in [0.717, 1.165) is 12.8 Å². The molecule has 0 spiro atoms. The molecule has 0 bridgehead atoms. The summed E-state index contributed by atoms with van der Waals surface area (Å²) in [6, 6.07) is 2.84. The SMILES string of the molecule is CC(O)C1CCN(c2cc(Cl)c(Cl)cc2[N+](=O)[O-])CC1. The Kier molecular flexibility index (Phi) is 4.73. The highest BCUT2D eigenvalue weighted by Gasteiger charge is 2.27. The van der Waals surface area contributed by atoms with Crippen LogP contribution in [-0.4, -0.2) is 29.2 Å². The summed E-state index contributed by atoms with van der Waals surface area (Å²) in [4.78, 5) is 12.6. The normalized spacial score (nSPS) is 18.1. The minimum Gasteiger partial charge on any atom is -0.393 e. The number of piperidine rings is 1. The molecule has 1 aromatic rings. The van der Waals surface area contributed by atoms with E-state index < -0.39 is 4.92 Å². The van der Waals surface area contributed by atoms with Crippen molar-refractivity contribution in [2.45, 2.75) is 25.9 Å². The van der Waals surface area contributed by atoms with Gasteiger partial charge in [-0.2, -0.15) is 0 Å². The minimum atomic E-state index is -0.446. The molecule has 1 aliphatic rings. The van der Waals surface area contributed by atoms with Gasteiger partial charge in [-0.1, -0.05) is 23.2 Å². The van der Waals surface area contributed by atoms with E-state index in [1.165, 1.54) is 6.07 Å². The number of nitro groups is 1. The second kappa shape index (κ2) is 6.16. The minimum absolute atomic E-state index is 0.0325. The number of nitrogens with zero attached hydrogens (tertiary/aromatic N) is 2. The van der Waals surface area contributed by atoms with Crippen LogP contribution in [0.5, 0.6) is 0 Å². The average molecular weight is 319 g/mol. The molecule has 0 radical (unpaired) electrons. The first-order valence-corrected chi connectivity index (χ1v) is 7.22. The second-order valence-corrected chi connectivity index (χ2v) is 5.89. The largest absolute Gasteiger partial charge is 0.393 e. The van der Waals surface area contributed by atoms with Crippen molar-refractivity contribution in [2.24, 2.45) is 5.92 Å². The first kappa shape index (κ1) is 15.4. The van der Waals surface area contributed by atoms with Crippen molar-refractivity contribution in [3.05, 3.63) is 32.3 Å². The third-order valence-corrected chi connectivity index (χ3v) is 4.50. The molecule has 1 N–H and O–H groups in total. The highest BCUT2D eigenvalue weighted by Crippen LogP contribution is 2.38. The van der Waals surface area contributed by atoms with E-state index >= 15 is 0 Å². The molecule has 0 aliphatic carbocycles. The van der Waals surface area contributed by atoms with Gasteiger partial charge in [-0.15, -0.1) is 0 Å². The van der Waals surface area contributed by atoms with Crippen LogP contribution in [0, 0.1) is 16.0 Å². The number of benzene rings is 1. The second-order valence-electron chi connectivity index (χ2n) is 5.08. The standard InChI is InChI=1S/C13H16Cl2N2O3/c1-8(18)9-2-4-16(5-3-9)12-6-10(14)11(15)7-13(12)17(19)20/h6-9,18H,2-5H2,1H3. The van der Waals surface area contributed by atoms with Crippen LogP contribution in [0.2, 0.25) is 10.0 Å². The molecule has 2 rings (SSSR count). The molecule has 1 aliphatic heterocycles. The van der Waals surface area contributed by atoms with E-state index in [1.54, 1.807) is 13.0 Å². The summed E-state index contributed by atoms with van der Waals surface area (Å²) in [5.41, 5.74) is 0.461. The van der Waals surface area contributed by atoms with Gasteiger partial charge in [0.15, 0.2) is 0 Å². The van der Waals surface area contributed by atoms with Crippen molar-refractivity contribution < 1.29 is 10.0 Å². The summed E-state index contributed by atoms with van der Waals surface area (Å²) in [6.07, 6.45) is 1.25. The van der Waals surface area contributed by atoms with Crippen LogP contribution in [0.15, 0.2) is 12.1 Å². The van der Waals surface area contributed by atoms with E-state index in [-0.39, 0.29) is 22.7 Å². The number of hydrogen-bond acceptors (Lipinski definition) is 4. The van der Waals surface area contributed by atoms with Gasteiger partial charge in [-0.25, -0.2) is 0 Å². The number of aliphatic hydroxyl groups excluding tert-OH is 1. The molecule has 1 aromatic carbocycles. The molecule has 110 valence electrons. The van der Waals surface area contributed by atoms with Gasteiger partial charge in [0.1, 0.15) is 5.69 Å². The van der Waals surface area contributed by atoms with Gasteiger partial charge in [-0.05, 0) is 31.7 Å². The molecule has 20 heavy (non-hydrogen) atoms. The molecule has 7 heteroatoms. The smallest absolute Gasteiger partial charge is 0.294 e. The predicted molar refractivity (Wildman–Crippen MR) is 79.7 cm³/mol. The molecule has 1 atom stereocenters. The van der Waals surface area contributed by atoms with E-state index in [0.29, 0.717) is 23.8 Å².